The molecule has 0 saturated carbocycles. The number of hydrogen-bond donors (Lipinski definition) is 2. The van der Waals surface area contributed by atoms with Gasteiger partial charge in [-0.1, -0.05) is 18.2 Å². The van der Waals surface area contributed by atoms with Gasteiger partial charge in [-0.05, 0) is 73.7 Å². The van der Waals surface area contributed by atoms with Crippen LogP contribution in [0.1, 0.15) is 51.7 Å². The number of imidazole rings is 1. The number of aromatic hydroxyl groups is 1. The van der Waals surface area contributed by atoms with Crippen molar-refractivity contribution in [1.29, 1.82) is 0 Å². The lowest BCUT2D eigenvalue weighted by molar-refractivity contribution is -0.129. The summed E-state index contributed by atoms with van der Waals surface area (Å²) in [5.41, 5.74) is 4.40. The van der Waals surface area contributed by atoms with E-state index in [1.165, 1.54) is 0 Å². The van der Waals surface area contributed by atoms with E-state index in [1.807, 2.05) is 39.0 Å². The molecule has 0 fully saturated rings. The first-order valence-electron chi connectivity index (χ1n) is 14.7. The molecule has 0 aliphatic carbocycles. The fraction of sp³-hybridized carbons (Fsp3) is 0.265. The Hall–Kier alpha value is -4.64. The Bertz CT molecular complexity index is 1910. The minimum absolute atomic E-state index is 0.0862. The number of fused-ring (bicyclic) bond motifs is 4. The molecule has 1 aliphatic heterocycles. The molecule has 10 nitrogen and oxygen atoms in total. The number of hydrogen-bond acceptors (Lipinski definition) is 7. The van der Waals surface area contributed by atoms with Crippen LogP contribution in [0.25, 0.3) is 16.4 Å². The predicted molar refractivity (Wildman–Crippen MR) is 175 cm³/mol. The first-order chi connectivity index (χ1) is 21.6. The van der Waals surface area contributed by atoms with Gasteiger partial charge in [-0.3, -0.25) is 9.59 Å². The molecule has 0 bridgehead atoms. The third-order valence-electron chi connectivity index (χ3n) is 7.80. The van der Waals surface area contributed by atoms with Gasteiger partial charge in [0, 0.05) is 54.8 Å². The zero-order valence-corrected chi connectivity index (χ0v) is 26.2. The van der Waals surface area contributed by atoms with Gasteiger partial charge >= 0.3 is 0 Å². The van der Waals surface area contributed by atoms with Crippen LogP contribution >= 0.6 is 11.6 Å². The highest BCUT2D eigenvalue weighted by Gasteiger charge is 2.36. The summed E-state index contributed by atoms with van der Waals surface area (Å²) < 4.78 is 7.22. The van der Waals surface area contributed by atoms with E-state index < -0.39 is 0 Å². The Labute approximate surface area is 265 Å². The molecule has 2 aromatic heterocycles. The highest BCUT2D eigenvalue weighted by atomic mass is 35.5. The van der Waals surface area contributed by atoms with Gasteiger partial charge in [0.05, 0.1) is 17.5 Å². The number of phenols is 1. The summed E-state index contributed by atoms with van der Waals surface area (Å²) in [6, 6.07) is 17.7. The number of alkyl halides is 1. The van der Waals surface area contributed by atoms with Crippen LogP contribution in [0.15, 0.2) is 73.1 Å². The van der Waals surface area contributed by atoms with Crippen LogP contribution in [0.5, 0.6) is 11.5 Å². The van der Waals surface area contributed by atoms with Crippen molar-refractivity contribution in [1.82, 2.24) is 14.4 Å². The second kappa shape index (κ2) is 12.4. The molecule has 1 aliphatic rings. The number of nitrogens with zero attached hydrogens (tertiary/aromatic N) is 4. The molecule has 0 unspecified atom stereocenters. The smallest absolute Gasteiger partial charge is 0.278 e. The number of aryl methyl sites for hydroxylation is 1. The number of ether oxygens (including phenoxy) is 1. The third kappa shape index (κ3) is 6.04. The van der Waals surface area contributed by atoms with E-state index in [0.717, 1.165) is 21.9 Å². The Morgan fingerprint density at radius 2 is 1.91 bits per heavy atom. The molecule has 0 saturated heterocycles. The standard InChI is InChI=1S/C34H34ClN5O5/c1-20(2)44-19-38(4)45-25-11-8-22(9-12-25)33(42)36-24-10-13-30-37-27(18-39(30)17-24)34(43)40-16-23(15-35)32-28(40)14-29(41)26-7-5-6-21(3)31(26)32/h5-14,17-18,20,23,41H,15-16,19H2,1-4H3,(H,36,42)/t23-/m1/s1. The number of carbonyl (C=O) groups excluding carboxylic acids is 2. The lowest BCUT2D eigenvalue weighted by Crippen LogP contribution is -2.30. The second-order valence-electron chi connectivity index (χ2n) is 11.4. The maximum atomic E-state index is 13.8. The summed E-state index contributed by atoms with van der Waals surface area (Å²) in [6.07, 6.45) is 3.43. The van der Waals surface area contributed by atoms with Gasteiger partial charge in [0.15, 0.2) is 0 Å². The maximum absolute atomic E-state index is 13.8. The molecule has 0 spiro atoms. The molecular formula is C34H34ClN5O5. The number of benzene rings is 3. The second-order valence-corrected chi connectivity index (χ2v) is 11.8. The van der Waals surface area contributed by atoms with Crippen LogP contribution < -0.4 is 15.1 Å². The van der Waals surface area contributed by atoms with Crippen LogP contribution in [0.4, 0.5) is 11.4 Å². The molecule has 3 aromatic carbocycles. The number of carbonyl (C=O) groups is 2. The van der Waals surface area contributed by atoms with Crippen molar-refractivity contribution < 1.29 is 24.3 Å². The highest BCUT2D eigenvalue weighted by Crippen LogP contribution is 2.46. The largest absolute Gasteiger partial charge is 0.507 e. The summed E-state index contributed by atoms with van der Waals surface area (Å²) in [7, 11) is 1.77. The van der Waals surface area contributed by atoms with Gasteiger partial charge in [0.25, 0.3) is 11.8 Å². The van der Waals surface area contributed by atoms with E-state index in [1.54, 1.807) is 76.3 Å². The van der Waals surface area contributed by atoms with Crippen LogP contribution in [0.3, 0.4) is 0 Å². The molecule has 5 aromatic rings. The van der Waals surface area contributed by atoms with Gasteiger partial charge in [-0.2, -0.15) is 0 Å². The van der Waals surface area contributed by atoms with E-state index in [0.29, 0.717) is 47.5 Å². The first kappa shape index (κ1) is 30.4. The van der Waals surface area contributed by atoms with Crippen LogP contribution in [0, 0.1) is 6.92 Å². The molecule has 3 heterocycles. The van der Waals surface area contributed by atoms with Crippen LogP contribution in [-0.4, -0.2) is 63.7 Å². The summed E-state index contributed by atoms with van der Waals surface area (Å²) in [4.78, 5) is 38.7. The number of rotatable bonds is 9. The summed E-state index contributed by atoms with van der Waals surface area (Å²) in [5, 5.41) is 17.0. The third-order valence-corrected chi connectivity index (χ3v) is 8.17. The van der Waals surface area contributed by atoms with Gasteiger partial charge in [-0.25, -0.2) is 4.98 Å². The lowest BCUT2D eigenvalue weighted by Gasteiger charge is -2.19. The minimum atomic E-state index is -0.297. The van der Waals surface area contributed by atoms with Crippen LogP contribution in [0.2, 0.25) is 0 Å². The fourth-order valence-corrected chi connectivity index (χ4v) is 5.91. The van der Waals surface area contributed by atoms with Crippen LogP contribution in [-0.2, 0) is 4.74 Å². The average molecular weight is 628 g/mol. The number of amides is 2. The van der Waals surface area contributed by atoms with Gasteiger partial charge in [0.1, 0.15) is 29.6 Å². The van der Waals surface area contributed by atoms with E-state index in [9.17, 15) is 14.7 Å². The summed E-state index contributed by atoms with van der Waals surface area (Å²) in [5.74, 6) is 0.344. The maximum Gasteiger partial charge on any atom is 0.278 e. The van der Waals surface area contributed by atoms with E-state index in [2.05, 4.69) is 10.3 Å². The molecule has 6 rings (SSSR count). The summed E-state index contributed by atoms with van der Waals surface area (Å²) >= 11 is 6.39. The Balaban J connectivity index is 1.19. The predicted octanol–water partition coefficient (Wildman–Crippen LogP) is 6.34. The summed E-state index contributed by atoms with van der Waals surface area (Å²) in [6.45, 7) is 6.58. The average Bonchev–Trinajstić information content (AvgIpc) is 3.61. The van der Waals surface area contributed by atoms with Gasteiger partial charge < -0.3 is 29.3 Å². The van der Waals surface area contributed by atoms with E-state index in [-0.39, 0.29) is 35.3 Å². The monoisotopic (exact) mass is 627 g/mol. The highest BCUT2D eigenvalue weighted by molar-refractivity contribution is 6.19. The Morgan fingerprint density at radius 1 is 1.13 bits per heavy atom. The SMILES string of the molecule is Cc1cccc2c(O)cc3c(c12)[C@H](CCl)CN3C(=O)c1cn2cc(NC(=O)c3ccc(ON(C)COC(C)C)cc3)ccc2n1. The number of hydroxylamine groups is 2. The van der Waals surface area contributed by atoms with Crippen molar-refractivity contribution in [2.24, 2.45) is 0 Å². The van der Waals surface area contributed by atoms with Crippen molar-refractivity contribution in [3.05, 3.63) is 95.4 Å². The molecule has 1 atom stereocenters. The van der Waals surface area contributed by atoms with Gasteiger partial charge in [0.2, 0.25) is 0 Å². The molecular weight excluding hydrogens is 594 g/mol. The topological polar surface area (TPSA) is 109 Å². The van der Waals surface area contributed by atoms with Crippen molar-refractivity contribution in [2.45, 2.75) is 32.8 Å². The molecule has 2 amide bonds. The number of nitrogens with one attached hydrogen (secondary N) is 1. The number of anilines is 2. The van der Waals surface area contributed by atoms with Gasteiger partial charge in [-0.15, -0.1) is 16.7 Å². The van der Waals surface area contributed by atoms with E-state index >= 15 is 0 Å². The Kier molecular flexibility index (Phi) is 8.37. The zero-order valence-electron chi connectivity index (χ0n) is 25.5. The molecule has 2 N–H and O–H groups in total. The molecule has 45 heavy (non-hydrogen) atoms. The fourth-order valence-electron chi connectivity index (χ4n) is 5.65. The lowest BCUT2D eigenvalue weighted by atomic mass is 9.92. The van der Waals surface area contributed by atoms with Crippen molar-refractivity contribution >= 4 is 51.2 Å². The molecule has 0 radical (unpaired) electrons. The quantitative estimate of drug-likeness (QED) is 0.111. The zero-order chi connectivity index (χ0) is 31.8. The number of aromatic nitrogens is 2. The van der Waals surface area contributed by atoms with E-state index in [4.69, 9.17) is 21.2 Å². The Morgan fingerprint density at radius 3 is 2.64 bits per heavy atom. The molecule has 11 heteroatoms. The van der Waals surface area contributed by atoms with Crippen molar-refractivity contribution in [3.8, 4) is 11.5 Å². The number of pyridine rings is 1. The van der Waals surface area contributed by atoms with Crippen molar-refractivity contribution in [3.63, 3.8) is 0 Å². The molecule has 232 valence electrons. The number of halogens is 1. The minimum Gasteiger partial charge on any atom is -0.507 e. The van der Waals surface area contributed by atoms with Crippen molar-refractivity contribution in [2.75, 3.05) is 36.4 Å². The number of phenolic OH excluding ortho intramolecular Hbond substituents is 1. The first-order valence-corrected chi connectivity index (χ1v) is 15.2. The normalized spacial score (nSPS) is 14.5.